The van der Waals surface area contributed by atoms with Crippen LogP contribution in [0.4, 0.5) is 0 Å². The molecule has 2 amide bonds. The van der Waals surface area contributed by atoms with E-state index >= 15 is 0 Å². The highest BCUT2D eigenvalue weighted by Crippen LogP contribution is 2.09. The summed E-state index contributed by atoms with van der Waals surface area (Å²) in [6, 6.07) is 0. The SMILES string of the molecule is C=CC(=O)N(CCC1CNCCO1)C(=C)C(=O)NCC(=C)C(=O)O. The molecule has 8 nitrogen and oxygen atoms in total. The molecule has 0 radical (unpaired) electrons. The van der Waals surface area contributed by atoms with Gasteiger partial charge in [-0.1, -0.05) is 19.7 Å². The van der Waals surface area contributed by atoms with E-state index in [0.717, 1.165) is 12.6 Å². The number of aliphatic carboxylic acids is 1. The smallest absolute Gasteiger partial charge is 0.332 e. The summed E-state index contributed by atoms with van der Waals surface area (Å²) in [5, 5.41) is 14.3. The van der Waals surface area contributed by atoms with Gasteiger partial charge in [0.1, 0.15) is 5.70 Å². The fraction of sp³-hybridized carbons (Fsp3) is 0.438. The van der Waals surface area contributed by atoms with Crippen LogP contribution in [0.2, 0.25) is 0 Å². The first-order valence-corrected chi connectivity index (χ1v) is 7.51. The minimum absolute atomic E-state index is 0.0542. The molecule has 0 aromatic rings. The number of nitrogens with zero attached hydrogens (tertiary/aromatic N) is 1. The highest BCUT2D eigenvalue weighted by Gasteiger charge is 2.22. The molecule has 24 heavy (non-hydrogen) atoms. The molecule has 0 bridgehead atoms. The van der Waals surface area contributed by atoms with Crippen LogP contribution in [0.3, 0.4) is 0 Å². The number of rotatable bonds is 9. The molecule has 132 valence electrons. The molecule has 0 aliphatic carbocycles. The van der Waals surface area contributed by atoms with Crippen LogP contribution in [0, 0.1) is 0 Å². The third-order valence-corrected chi connectivity index (χ3v) is 3.47. The molecule has 1 aliphatic heterocycles. The van der Waals surface area contributed by atoms with E-state index in [1.54, 1.807) is 0 Å². The molecule has 1 saturated heterocycles. The van der Waals surface area contributed by atoms with Crippen molar-refractivity contribution in [3.8, 4) is 0 Å². The molecule has 1 rings (SSSR count). The predicted octanol–water partition coefficient (Wildman–Crippen LogP) is -0.350. The van der Waals surface area contributed by atoms with Gasteiger partial charge >= 0.3 is 5.97 Å². The Hall–Kier alpha value is -2.45. The maximum Gasteiger partial charge on any atom is 0.332 e. The van der Waals surface area contributed by atoms with Crippen molar-refractivity contribution in [2.75, 3.05) is 32.8 Å². The van der Waals surface area contributed by atoms with Crippen LogP contribution >= 0.6 is 0 Å². The lowest BCUT2D eigenvalue weighted by atomic mass is 10.2. The van der Waals surface area contributed by atoms with E-state index in [9.17, 15) is 14.4 Å². The van der Waals surface area contributed by atoms with Crippen molar-refractivity contribution in [1.29, 1.82) is 0 Å². The summed E-state index contributed by atoms with van der Waals surface area (Å²) in [5.74, 6) is -2.31. The van der Waals surface area contributed by atoms with E-state index < -0.39 is 17.8 Å². The fourth-order valence-electron chi connectivity index (χ4n) is 2.05. The summed E-state index contributed by atoms with van der Waals surface area (Å²) in [5.41, 5.74) is -0.249. The Labute approximate surface area is 140 Å². The molecular formula is C16H23N3O5. The molecule has 0 aromatic heterocycles. The van der Waals surface area contributed by atoms with Crippen LogP contribution in [0.1, 0.15) is 6.42 Å². The van der Waals surface area contributed by atoms with Crippen molar-refractivity contribution in [3.63, 3.8) is 0 Å². The van der Waals surface area contributed by atoms with Gasteiger partial charge in [-0.3, -0.25) is 9.59 Å². The van der Waals surface area contributed by atoms with Gasteiger partial charge in [0, 0.05) is 31.8 Å². The summed E-state index contributed by atoms with van der Waals surface area (Å²) in [4.78, 5) is 35.9. The lowest BCUT2D eigenvalue weighted by Gasteiger charge is -2.28. The molecule has 0 spiro atoms. The summed E-state index contributed by atoms with van der Waals surface area (Å²) in [6.07, 6.45) is 1.57. The van der Waals surface area contributed by atoms with Crippen LogP contribution in [0.25, 0.3) is 0 Å². The van der Waals surface area contributed by atoms with Gasteiger partial charge in [-0.15, -0.1) is 0 Å². The third kappa shape index (κ3) is 5.98. The van der Waals surface area contributed by atoms with Gasteiger partial charge < -0.3 is 25.4 Å². The first kappa shape index (κ1) is 19.6. The van der Waals surface area contributed by atoms with E-state index in [1.807, 2.05) is 0 Å². The van der Waals surface area contributed by atoms with Crippen LogP contribution < -0.4 is 10.6 Å². The van der Waals surface area contributed by atoms with Crippen LogP contribution in [-0.2, 0) is 19.1 Å². The van der Waals surface area contributed by atoms with Crippen molar-refractivity contribution >= 4 is 17.8 Å². The van der Waals surface area contributed by atoms with Gasteiger partial charge in [-0.05, 0) is 12.5 Å². The Morgan fingerprint density at radius 1 is 1.38 bits per heavy atom. The van der Waals surface area contributed by atoms with Crippen molar-refractivity contribution < 1.29 is 24.2 Å². The number of carbonyl (C=O) groups is 3. The van der Waals surface area contributed by atoms with Gasteiger partial charge in [0.15, 0.2) is 0 Å². The Morgan fingerprint density at radius 2 is 2.08 bits per heavy atom. The molecule has 1 fully saturated rings. The molecule has 8 heteroatoms. The number of hydrogen-bond donors (Lipinski definition) is 3. The quantitative estimate of drug-likeness (QED) is 0.496. The fourth-order valence-corrected chi connectivity index (χ4v) is 2.05. The minimum Gasteiger partial charge on any atom is -0.478 e. The Bertz CT molecular complexity index is 538. The number of amides is 2. The molecule has 3 N–H and O–H groups in total. The minimum atomic E-state index is -1.21. The maximum absolute atomic E-state index is 12.1. The van der Waals surface area contributed by atoms with E-state index in [-0.39, 0.29) is 30.5 Å². The highest BCUT2D eigenvalue weighted by molar-refractivity contribution is 6.00. The van der Waals surface area contributed by atoms with Crippen LogP contribution in [0.15, 0.2) is 37.1 Å². The van der Waals surface area contributed by atoms with Crippen molar-refractivity contribution in [1.82, 2.24) is 15.5 Å². The second-order valence-electron chi connectivity index (χ2n) is 5.22. The van der Waals surface area contributed by atoms with Gasteiger partial charge in [0.25, 0.3) is 11.8 Å². The Kier molecular flexibility index (Phi) is 7.87. The summed E-state index contributed by atoms with van der Waals surface area (Å²) >= 11 is 0. The van der Waals surface area contributed by atoms with E-state index in [4.69, 9.17) is 9.84 Å². The number of carbonyl (C=O) groups excluding carboxylic acids is 2. The zero-order chi connectivity index (χ0) is 18.1. The number of hydrogen-bond acceptors (Lipinski definition) is 5. The van der Waals surface area contributed by atoms with Gasteiger partial charge in [-0.25, -0.2) is 4.79 Å². The first-order chi connectivity index (χ1) is 11.4. The van der Waals surface area contributed by atoms with Crippen molar-refractivity contribution in [2.45, 2.75) is 12.5 Å². The van der Waals surface area contributed by atoms with Gasteiger partial charge in [-0.2, -0.15) is 0 Å². The molecular weight excluding hydrogens is 314 g/mol. The van der Waals surface area contributed by atoms with Crippen molar-refractivity contribution in [2.24, 2.45) is 0 Å². The number of ether oxygens (including phenoxy) is 1. The van der Waals surface area contributed by atoms with E-state index in [1.165, 1.54) is 4.90 Å². The Balaban J connectivity index is 2.61. The number of carboxylic acids is 1. The molecule has 0 aromatic carbocycles. The number of nitrogens with one attached hydrogen (secondary N) is 2. The van der Waals surface area contributed by atoms with E-state index in [0.29, 0.717) is 19.6 Å². The molecule has 1 aliphatic rings. The number of carboxylic acid groups (broad SMARTS) is 1. The maximum atomic E-state index is 12.1. The van der Waals surface area contributed by atoms with Gasteiger partial charge in [0.05, 0.1) is 12.7 Å². The number of morpholine rings is 1. The lowest BCUT2D eigenvalue weighted by Crippen LogP contribution is -2.43. The lowest BCUT2D eigenvalue weighted by molar-refractivity contribution is -0.133. The van der Waals surface area contributed by atoms with Crippen LogP contribution in [0.5, 0.6) is 0 Å². The van der Waals surface area contributed by atoms with Crippen LogP contribution in [-0.4, -0.2) is 66.7 Å². The monoisotopic (exact) mass is 337 g/mol. The summed E-state index contributed by atoms with van der Waals surface area (Å²) in [7, 11) is 0. The molecule has 1 unspecified atom stereocenters. The van der Waals surface area contributed by atoms with E-state index in [2.05, 4.69) is 30.4 Å². The second-order valence-corrected chi connectivity index (χ2v) is 5.22. The third-order valence-electron chi connectivity index (χ3n) is 3.47. The average Bonchev–Trinajstić information content (AvgIpc) is 2.59. The molecule has 0 saturated carbocycles. The summed E-state index contributed by atoms with van der Waals surface area (Å²) in [6.45, 7) is 12.4. The normalized spacial score (nSPS) is 16.8. The second kappa shape index (κ2) is 9.64. The predicted molar refractivity (Wildman–Crippen MR) is 88.1 cm³/mol. The summed E-state index contributed by atoms with van der Waals surface area (Å²) < 4.78 is 5.55. The topological polar surface area (TPSA) is 108 Å². The Morgan fingerprint density at radius 3 is 2.62 bits per heavy atom. The standard InChI is InChI=1S/C16H23N3O5/c1-4-14(20)19(7-5-13-10-17-6-8-24-13)12(3)15(21)18-9-11(2)16(22)23/h4,13,17H,1-3,5-10H2,(H,18,21)(H,22,23). The highest BCUT2D eigenvalue weighted by atomic mass is 16.5. The molecule has 1 atom stereocenters. The largest absolute Gasteiger partial charge is 0.478 e. The zero-order valence-corrected chi connectivity index (χ0v) is 13.5. The molecule has 1 heterocycles. The average molecular weight is 337 g/mol. The van der Waals surface area contributed by atoms with Crippen molar-refractivity contribution in [3.05, 3.63) is 37.1 Å². The van der Waals surface area contributed by atoms with Gasteiger partial charge in [0.2, 0.25) is 0 Å². The zero-order valence-electron chi connectivity index (χ0n) is 13.5. The first-order valence-electron chi connectivity index (χ1n) is 7.51.